The van der Waals surface area contributed by atoms with Gasteiger partial charge in [-0.2, -0.15) is 0 Å². The van der Waals surface area contributed by atoms with E-state index in [2.05, 4.69) is 27.8 Å². The average molecular weight is 284 g/mol. The first-order valence-electron chi connectivity index (χ1n) is 4.96. The van der Waals surface area contributed by atoms with Crippen LogP contribution in [0.4, 0.5) is 0 Å². The van der Waals surface area contributed by atoms with Crippen LogP contribution in [0.2, 0.25) is 0 Å². The highest BCUT2D eigenvalue weighted by molar-refractivity contribution is 9.11. The van der Waals surface area contributed by atoms with Crippen molar-refractivity contribution in [1.82, 2.24) is 5.32 Å². The molecule has 0 aliphatic heterocycles. The zero-order valence-electron chi connectivity index (χ0n) is 8.91. The summed E-state index contributed by atoms with van der Waals surface area (Å²) in [6.07, 6.45) is 0.342. The molecule has 16 heavy (non-hydrogen) atoms. The smallest absolute Gasteiger partial charge is 0.223 e. The summed E-state index contributed by atoms with van der Waals surface area (Å²) in [6, 6.07) is 9.42. The van der Waals surface area contributed by atoms with Gasteiger partial charge >= 0.3 is 0 Å². The van der Waals surface area contributed by atoms with E-state index in [9.17, 15) is 4.79 Å². The summed E-state index contributed by atoms with van der Waals surface area (Å²) in [7, 11) is 0. The van der Waals surface area contributed by atoms with Gasteiger partial charge in [-0.15, -0.1) is 0 Å². The molecule has 0 heterocycles. The van der Waals surface area contributed by atoms with Gasteiger partial charge in [0.15, 0.2) is 0 Å². The zero-order valence-corrected chi connectivity index (χ0v) is 10.5. The van der Waals surface area contributed by atoms with Gasteiger partial charge in [-0.05, 0) is 12.1 Å². The molecular weight excluding hydrogens is 270 g/mol. The number of hydrogen-bond donors (Lipinski definition) is 1. The Labute approximate surface area is 104 Å². The molecule has 4 heteroatoms. The Bertz CT molecular complexity index is 351. The van der Waals surface area contributed by atoms with Gasteiger partial charge in [0.05, 0.1) is 13.0 Å². The van der Waals surface area contributed by atoms with Crippen LogP contribution in [0.1, 0.15) is 6.42 Å². The second kappa shape index (κ2) is 7.06. The Morgan fingerprint density at radius 2 is 2.06 bits per heavy atom. The summed E-state index contributed by atoms with van der Waals surface area (Å²) in [5.74, 6) is 0.733. The van der Waals surface area contributed by atoms with Crippen LogP contribution in [-0.4, -0.2) is 19.1 Å². The molecule has 1 aromatic rings. The van der Waals surface area contributed by atoms with Gasteiger partial charge in [0.25, 0.3) is 0 Å². The van der Waals surface area contributed by atoms with E-state index in [-0.39, 0.29) is 5.91 Å². The number of para-hydroxylation sites is 1. The molecule has 1 aromatic carbocycles. The van der Waals surface area contributed by atoms with E-state index in [1.807, 2.05) is 30.3 Å². The van der Waals surface area contributed by atoms with Crippen molar-refractivity contribution in [3.63, 3.8) is 0 Å². The Morgan fingerprint density at radius 3 is 2.69 bits per heavy atom. The average Bonchev–Trinajstić information content (AvgIpc) is 2.28. The SMILES string of the molecule is C=C(Br)CNC(=O)CCOc1ccccc1. The number of benzene rings is 1. The number of carbonyl (C=O) groups is 1. The molecule has 1 rings (SSSR count). The third kappa shape index (κ3) is 5.56. The van der Waals surface area contributed by atoms with Gasteiger partial charge in [0, 0.05) is 11.0 Å². The molecule has 0 aliphatic carbocycles. The molecule has 0 unspecified atom stereocenters. The van der Waals surface area contributed by atoms with E-state index in [0.29, 0.717) is 19.6 Å². The summed E-state index contributed by atoms with van der Waals surface area (Å²) in [4.78, 5) is 11.3. The molecule has 0 bridgehead atoms. The summed E-state index contributed by atoms with van der Waals surface area (Å²) in [5.41, 5.74) is 0. The van der Waals surface area contributed by atoms with E-state index in [1.54, 1.807) is 0 Å². The van der Waals surface area contributed by atoms with E-state index < -0.39 is 0 Å². The number of nitrogens with one attached hydrogen (secondary N) is 1. The predicted octanol–water partition coefficient (Wildman–Crippen LogP) is 2.48. The lowest BCUT2D eigenvalue weighted by molar-refractivity contribution is -0.121. The second-order valence-electron chi connectivity index (χ2n) is 3.21. The number of ether oxygens (including phenoxy) is 1. The maximum atomic E-state index is 11.3. The van der Waals surface area contributed by atoms with Crippen molar-refractivity contribution in [1.29, 1.82) is 0 Å². The van der Waals surface area contributed by atoms with Gasteiger partial charge in [0.2, 0.25) is 5.91 Å². The highest BCUT2D eigenvalue weighted by Gasteiger charge is 2.01. The lowest BCUT2D eigenvalue weighted by Crippen LogP contribution is -2.25. The fourth-order valence-corrected chi connectivity index (χ4v) is 1.20. The molecule has 0 fully saturated rings. The monoisotopic (exact) mass is 283 g/mol. The van der Waals surface area contributed by atoms with Crippen LogP contribution in [0, 0.1) is 0 Å². The minimum Gasteiger partial charge on any atom is -0.493 e. The van der Waals surface area contributed by atoms with Crippen molar-refractivity contribution in [3.05, 3.63) is 41.4 Å². The molecule has 0 saturated carbocycles. The summed E-state index contributed by atoms with van der Waals surface area (Å²) in [5, 5.41) is 2.70. The number of amides is 1. The number of hydrogen-bond acceptors (Lipinski definition) is 2. The summed E-state index contributed by atoms with van der Waals surface area (Å²) in [6.45, 7) is 4.45. The van der Waals surface area contributed by atoms with E-state index in [1.165, 1.54) is 0 Å². The van der Waals surface area contributed by atoms with E-state index in [4.69, 9.17) is 4.74 Å². The van der Waals surface area contributed by atoms with Crippen LogP contribution >= 0.6 is 15.9 Å². The Balaban J connectivity index is 2.16. The van der Waals surface area contributed by atoms with Crippen LogP contribution in [0.3, 0.4) is 0 Å². The molecular formula is C12H14BrNO2. The van der Waals surface area contributed by atoms with Crippen molar-refractivity contribution in [2.75, 3.05) is 13.2 Å². The molecule has 0 radical (unpaired) electrons. The van der Waals surface area contributed by atoms with Gasteiger partial charge in [-0.25, -0.2) is 0 Å². The first-order chi connectivity index (χ1) is 7.68. The lowest BCUT2D eigenvalue weighted by atomic mass is 10.3. The van der Waals surface area contributed by atoms with Gasteiger partial charge < -0.3 is 10.1 Å². The van der Waals surface area contributed by atoms with Crippen LogP contribution in [0.15, 0.2) is 41.4 Å². The van der Waals surface area contributed by atoms with Crippen LogP contribution < -0.4 is 10.1 Å². The highest BCUT2D eigenvalue weighted by Crippen LogP contribution is 2.08. The van der Waals surface area contributed by atoms with E-state index in [0.717, 1.165) is 10.2 Å². The quantitative estimate of drug-likeness (QED) is 0.871. The van der Waals surface area contributed by atoms with Crippen molar-refractivity contribution in [2.45, 2.75) is 6.42 Å². The number of carbonyl (C=O) groups excluding carboxylic acids is 1. The molecule has 3 nitrogen and oxygen atoms in total. The maximum Gasteiger partial charge on any atom is 0.223 e. The molecule has 0 aliphatic rings. The van der Waals surface area contributed by atoms with Crippen LogP contribution in [0.5, 0.6) is 5.75 Å². The maximum absolute atomic E-state index is 11.3. The Morgan fingerprint density at radius 1 is 1.38 bits per heavy atom. The predicted molar refractivity (Wildman–Crippen MR) is 67.6 cm³/mol. The third-order valence-electron chi connectivity index (χ3n) is 1.82. The first kappa shape index (κ1) is 12.8. The lowest BCUT2D eigenvalue weighted by Gasteiger charge is -2.06. The minimum atomic E-state index is -0.0449. The minimum absolute atomic E-state index is 0.0449. The Hall–Kier alpha value is -1.29. The molecule has 1 N–H and O–H groups in total. The van der Waals surface area contributed by atoms with Crippen molar-refractivity contribution in [2.24, 2.45) is 0 Å². The summed E-state index contributed by atoms with van der Waals surface area (Å²) < 4.78 is 6.14. The van der Waals surface area contributed by atoms with Crippen LogP contribution in [0.25, 0.3) is 0 Å². The molecule has 86 valence electrons. The molecule has 0 atom stereocenters. The normalized spacial score (nSPS) is 9.56. The largest absolute Gasteiger partial charge is 0.493 e. The first-order valence-corrected chi connectivity index (χ1v) is 5.75. The molecule has 0 spiro atoms. The van der Waals surface area contributed by atoms with Crippen molar-refractivity contribution >= 4 is 21.8 Å². The standard InChI is InChI=1S/C12H14BrNO2/c1-10(13)9-14-12(15)7-8-16-11-5-3-2-4-6-11/h2-6H,1,7-9H2,(H,14,15). The fourth-order valence-electron chi connectivity index (χ4n) is 1.06. The topological polar surface area (TPSA) is 38.3 Å². The van der Waals surface area contributed by atoms with Crippen LogP contribution in [-0.2, 0) is 4.79 Å². The number of halogens is 1. The summed E-state index contributed by atoms with van der Waals surface area (Å²) >= 11 is 3.17. The number of rotatable bonds is 6. The molecule has 1 amide bonds. The second-order valence-corrected chi connectivity index (χ2v) is 4.33. The van der Waals surface area contributed by atoms with Gasteiger partial charge in [-0.3, -0.25) is 4.79 Å². The molecule has 0 aromatic heterocycles. The Kier molecular flexibility index (Phi) is 5.64. The highest BCUT2D eigenvalue weighted by atomic mass is 79.9. The van der Waals surface area contributed by atoms with Crippen molar-refractivity contribution in [3.8, 4) is 5.75 Å². The van der Waals surface area contributed by atoms with Gasteiger partial charge in [0.1, 0.15) is 5.75 Å². The van der Waals surface area contributed by atoms with Crippen molar-refractivity contribution < 1.29 is 9.53 Å². The zero-order chi connectivity index (χ0) is 11.8. The fraction of sp³-hybridized carbons (Fsp3) is 0.250. The van der Waals surface area contributed by atoms with Gasteiger partial charge in [-0.1, -0.05) is 40.7 Å². The molecule has 0 saturated heterocycles. The third-order valence-corrected chi connectivity index (χ3v) is 2.10. The van der Waals surface area contributed by atoms with E-state index >= 15 is 0 Å².